The van der Waals surface area contributed by atoms with Gasteiger partial charge in [-0.05, 0) is 11.6 Å². The monoisotopic (exact) mass is 275 g/mol. The lowest BCUT2D eigenvalue weighted by Crippen LogP contribution is -1.83. The summed E-state index contributed by atoms with van der Waals surface area (Å²) in [6, 6.07) is 4.01. The first-order valence-corrected chi connectivity index (χ1v) is 5.94. The number of alkyl halides is 1. The van der Waals surface area contributed by atoms with E-state index < -0.39 is 0 Å². The predicted octanol–water partition coefficient (Wildman–Crippen LogP) is 3.98. The van der Waals surface area contributed by atoms with Gasteiger partial charge in [0.15, 0.2) is 0 Å². The van der Waals surface area contributed by atoms with Crippen LogP contribution in [0.2, 0.25) is 0 Å². The lowest BCUT2D eigenvalue weighted by molar-refractivity contribution is 1.46. The lowest BCUT2D eigenvalue weighted by atomic mass is 10.2. The van der Waals surface area contributed by atoms with E-state index in [1.54, 1.807) is 11.3 Å². The highest BCUT2D eigenvalue weighted by atomic mass is 79.9. The summed E-state index contributed by atoms with van der Waals surface area (Å²) in [5.74, 6) is 0.531. The van der Waals surface area contributed by atoms with Crippen molar-refractivity contribution in [3.05, 3.63) is 27.5 Å². The van der Waals surface area contributed by atoms with E-state index in [1.807, 2.05) is 17.5 Å². The molecule has 0 aliphatic carbocycles. The van der Waals surface area contributed by atoms with Crippen LogP contribution in [0.1, 0.15) is 5.56 Å². The molecule has 1 nitrogen and oxygen atoms in total. The summed E-state index contributed by atoms with van der Waals surface area (Å²) < 4.78 is 2.22. The Labute approximate surface area is 93.6 Å². The zero-order valence-electron chi connectivity index (χ0n) is 6.68. The fourth-order valence-corrected chi connectivity index (χ4v) is 3.28. The molecule has 2 N–H and O–H groups in total. The van der Waals surface area contributed by atoms with Crippen LogP contribution in [0.15, 0.2) is 22.0 Å². The van der Waals surface area contributed by atoms with E-state index in [0.29, 0.717) is 5.88 Å². The van der Waals surface area contributed by atoms with E-state index in [1.165, 1.54) is 4.70 Å². The smallest absolute Gasteiger partial charge is 0.0514 e. The molecule has 2 aromatic rings. The molecule has 68 valence electrons. The molecule has 1 heterocycles. The largest absolute Gasteiger partial charge is 0.398 e. The van der Waals surface area contributed by atoms with Crippen molar-refractivity contribution in [1.29, 1.82) is 0 Å². The molecule has 0 atom stereocenters. The summed E-state index contributed by atoms with van der Waals surface area (Å²) in [6.45, 7) is 0. The summed E-state index contributed by atoms with van der Waals surface area (Å²) in [7, 11) is 0. The number of nitrogens with two attached hydrogens (primary N) is 1. The second-order valence-corrected chi connectivity index (χ2v) is 4.74. The number of nitrogen functional groups attached to an aromatic ring is 1. The van der Waals surface area contributed by atoms with Gasteiger partial charge in [-0.3, -0.25) is 0 Å². The standard InChI is InChI=1S/C9H7BrClNS/c10-6-2-1-5(3-11)9-8(6)7(12)4-13-9/h1-2,4H,3,12H2. The van der Waals surface area contributed by atoms with Crippen LogP contribution in [0.4, 0.5) is 5.69 Å². The third-order valence-corrected chi connectivity index (χ3v) is 3.95. The summed E-state index contributed by atoms with van der Waals surface area (Å²) in [5, 5.41) is 3.04. The van der Waals surface area contributed by atoms with Crippen molar-refractivity contribution in [2.75, 3.05) is 5.73 Å². The molecule has 4 heteroatoms. The SMILES string of the molecule is Nc1csc2c(CCl)ccc(Br)c12. The van der Waals surface area contributed by atoms with Crippen LogP contribution in [0.5, 0.6) is 0 Å². The maximum Gasteiger partial charge on any atom is 0.0514 e. The van der Waals surface area contributed by atoms with Crippen molar-refractivity contribution in [2.24, 2.45) is 0 Å². The van der Waals surface area contributed by atoms with Gasteiger partial charge >= 0.3 is 0 Å². The van der Waals surface area contributed by atoms with Crippen molar-refractivity contribution >= 4 is 54.6 Å². The second kappa shape index (κ2) is 3.48. The third kappa shape index (κ3) is 1.45. The van der Waals surface area contributed by atoms with E-state index in [4.69, 9.17) is 17.3 Å². The number of halogens is 2. The Hall–Kier alpha value is -0.250. The average Bonchev–Trinajstić information content (AvgIpc) is 2.50. The molecule has 0 fully saturated rings. The number of hydrogen-bond donors (Lipinski definition) is 1. The quantitative estimate of drug-likeness (QED) is 0.783. The minimum absolute atomic E-state index is 0.531. The minimum Gasteiger partial charge on any atom is -0.398 e. The molecule has 0 saturated heterocycles. The topological polar surface area (TPSA) is 26.0 Å². The first kappa shape index (κ1) is 9.31. The van der Waals surface area contributed by atoms with Gasteiger partial charge < -0.3 is 5.73 Å². The van der Waals surface area contributed by atoms with Crippen molar-refractivity contribution in [1.82, 2.24) is 0 Å². The van der Waals surface area contributed by atoms with Crippen molar-refractivity contribution < 1.29 is 0 Å². The molecule has 0 amide bonds. The van der Waals surface area contributed by atoms with Gasteiger partial charge in [0, 0.05) is 25.8 Å². The van der Waals surface area contributed by atoms with Gasteiger partial charge in [0.05, 0.1) is 5.69 Å². The number of fused-ring (bicyclic) bond motifs is 1. The maximum absolute atomic E-state index is 5.84. The Bertz CT molecular complexity index is 452. The van der Waals surface area contributed by atoms with Crippen LogP contribution >= 0.6 is 38.9 Å². The van der Waals surface area contributed by atoms with Gasteiger partial charge in [0.25, 0.3) is 0 Å². The summed E-state index contributed by atoms with van der Waals surface area (Å²) in [6.07, 6.45) is 0. The molecule has 1 aromatic heterocycles. The number of thiophene rings is 1. The number of anilines is 1. The number of hydrogen-bond acceptors (Lipinski definition) is 2. The molecular weight excluding hydrogens is 270 g/mol. The lowest BCUT2D eigenvalue weighted by Gasteiger charge is -2.00. The van der Waals surface area contributed by atoms with E-state index in [2.05, 4.69) is 15.9 Å². The zero-order valence-corrected chi connectivity index (χ0v) is 9.84. The van der Waals surface area contributed by atoms with Gasteiger partial charge in [-0.15, -0.1) is 22.9 Å². The first-order chi connectivity index (χ1) is 6.24. The van der Waals surface area contributed by atoms with Gasteiger partial charge in [-0.2, -0.15) is 0 Å². The van der Waals surface area contributed by atoms with E-state index in [0.717, 1.165) is 21.1 Å². The summed E-state index contributed by atoms with van der Waals surface area (Å²) in [5.41, 5.74) is 7.80. The Morgan fingerprint density at radius 3 is 2.92 bits per heavy atom. The Kier molecular flexibility index (Phi) is 2.49. The second-order valence-electron chi connectivity index (χ2n) is 2.74. The van der Waals surface area contributed by atoms with E-state index in [9.17, 15) is 0 Å². The van der Waals surface area contributed by atoms with Crippen LogP contribution in [0.3, 0.4) is 0 Å². The Morgan fingerprint density at radius 2 is 2.23 bits per heavy atom. The van der Waals surface area contributed by atoms with Crippen LogP contribution < -0.4 is 5.73 Å². The van der Waals surface area contributed by atoms with Crippen LogP contribution in [0.25, 0.3) is 10.1 Å². The van der Waals surface area contributed by atoms with Gasteiger partial charge in [0.2, 0.25) is 0 Å². The van der Waals surface area contributed by atoms with Crippen LogP contribution in [0, 0.1) is 0 Å². The molecule has 1 aromatic carbocycles. The highest BCUT2D eigenvalue weighted by Crippen LogP contribution is 2.36. The molecule has 0 aliphatic heterocycles. The maximum atomic E-state index is 5.84. The molecule has 0 bridgehead atoms. The average molecular weight is 277 g/mol. The number of benzene rings is 1. The van der Waals surface area contributed by atoms with Gasteiger partial charge in [-0.25, -0.2) is 0 Å². The van der Waals surface area contributed by atoms with Crippen molar-refractivity contribution in [3.8, 4) is 0 Å². The number of rotatable bonds is 1. The molecule has 0 saturated carbocycles. The van der Waals surface area contributed by atoms with Crippen LogP contribution in [-0.4, -0.2) is 0 Å². The molecular formula is C9H7BrClNS. The molecule has 0 spiro atoms. The molecule has 13 heavy (non-hydrogen) atoms. The normalized spacial score (nSPS) is 10.9. The van der Waals surface area contributed by atoms with Crippen molar-refractivity contribution in [2.45, 2.75) is 5.88 Å². The molecule has 2 rings (SSSR count). The fraction of sp³-hybridized carbons (Fsp3) is 0.111. The van der Waals surface area contributed by atoms with Gasteiger partial charge in [-0.1, -0.05) is 22.0 Å². The molecule has 0 unspecified atom stereocenters. The summed E-state index contributed by atoms with van der Waals surface area (Å²) >= 11 is 10.9. The Balaban J connectivity index is 2.87. The van der Waals surface area contributed by atoms with E-state index >= 15 is 0 Å². The molecule has 0 aliphatic rings. The Morgan fingerprint density at radius 1 is 1.46 bits per heavy atom. The van der Waals surface area contributed by atoms with E-state index in [-0.39, 0.29) is 0 Å². The summed E-state index contributed by atoms with van der Waals surface area (Å²) in [4.78, 5) is 0. The molecule has 0 radical (unpaired) electrons. The third-order valence-electron chi connectivity index (χ3n) is 1.92. The van der Waals surface area contributed by atoms with Gasteiger partial charge in [0.1, 0.15) is 0 Å². The highest BCUT2D eigenvalue weighted by Gasteiger charge is 2.08. The first-order valence-electron chi connectivity index (χ1n) is 3.74. The highest BCUT2D eigenvalue weighted by molar-refractivity contribution is 9.10. The fourth-order valence-electron chi connectivity index (χ4n) is 1.29. The minimum atomic E-state index is 0.531. The zero-order chi connectivity index (χ0) is 9.42. The predicted molar refractivity (Wildman–Crippen MR) is 63.5 cm³/mol. The van der Waals surface area contributed by atoms with Crippen LogP contribution in [-0.2, 0) is 5.88 Å². The van der Waals surface area contributed by atoms with Crippen molar-refractivity contribution in [3.63, 3.8) is 0 Å².